The van der Waals surface area contributed by atoms with Gasteiger partial charge in [-0.05, 0) is 55.7 Å². The largest absolute Gasteiger partial charge is 0.494 e. The lowest BCUT2D eigenvalue weighted by atomic mass is 9.96. The van der Waals surface area contributed by atoms with Gasteiger partial charge in [0.1, 0.15) is 5.82 Å². The van der Waals surface area contributed by atoms with Gasteiger partial charge in [0, 0.05) is 11.7 Å². The van der Waals surface area contributed by atoms with Crippen LogP contribution in [0.4, 0.5) is 10.1 Å². The van der Waals surface area contributed by atoms with Crippen molar-refractivity contribution in [3.8, 4) is 11.4 Å². The lowest BCUT2D eigenvalue weighted by Crippen LogP contribution is -2.43. The summed E-state index contributed by atoms with van der Waals surface area (Å²) in [5.41, 5.74) is 1.59. The molecule has 1 aliphatic heterocycles. The molecule has 0 unspecified atom stereocenters. The SMILES string of the molecule is COc1cc(=O)n(-c2ccccc2)nc1C(=O)N1c2ccc(F)cc2CC[C@@H]1C. The number of anilines is 1. The van der Waals surface area contributed by atoms with E-state index < -0.39 is 11.5 Å². The van der Waals surface area contributed by atoms with E-state index in [1.165, 1.54) is 30.0 Å². The van der Waals surface area contributed by atoms with Crippen LogP contribution in [-0.4, -0.2) is 28.8 Å². The smallest absolute Gasteiger partial charge is 0.282 e. The minimum atomic E-state index is -0.404. The predicted octanol–water partition coefficient (Wildman–Crippen LogP) is 3.36. The third kappa shape index (κ3) is 3.40. The number of carbonyl (C=O) groups is 1. The van der Waals surface area contributed by atoms with Crippen LogP contribution >= 0.6 is 0 Å². The van der Waals surface area contributed by atoms with Crippen molar-refractivity contribution in [2.75, 3.05) is 12.0 Å². The standard InChI is InChI=1S/C22H20FN3O3/c1-14-8-9-15-12-16(23)10-11-18(15)25(14)22(28)21-19(29-2)13-20(27)26(24-21)17-6-4-3-5-7-17/h3-7,10-14H,8-9H2,1-2H3/t14-/m0/s1. The second-order valence-electron chi connectivity index (χ2n) is 6.98. The van der Waals surface area contributed by atoms with E-state index >= 15 is 0 Å². The Morgan fingerprint density at radius 2 is 1.93 bits per heavy atom. The number of carbonyl (C=O) groups excluding carboxylic acids is 1. The summed E-state index contributed by atoms with van der Waals surface area (Å²) in [4.78, 5) is 27.6. The maximum absolute atomic E-state index is 13.7. The van der Waals surface area contributed by atoms with Crippen LogP contribution in [0.5, 0.6) is 5.75 Å². The van der Waals surface area contributed by atoms with Gasteiger partial charge in [0.15, 0.2) is 11.4 Å². The Kier molecular flexibility index (Phi) is 4.88. The van der Waals surface area contributed by atoms with Crippen molar-refractivity contribution in [2.24, 2.45) is 0 Å². The first-order valence-corrected chi connectivity index (χ1v) is 9.35. The monoisotopic (exact) mass is 393 g/mol. The molecule has 2 aromatic carbocycles. The molecular formula is C22H20FN3O3. The highest BCUT2D eigenvalue weighted by Gasteiger charge is 2.32. The number of aryl methyl sites for hydroxylation is 1. The Bertz CT molecular complexity index is 1130. The maximum atomic E-state index is 13.7. The van der Waals surface area contributed by atoms with Crippen LogP contribution in [0.25, 0.3) is 5.69 Å². The molecule has 7 heteroatoms. The van der Waals surface area contributed by atoms with E-state index in [1.807, 2.05) is 13.0 Å². The number of ether oxygens (including phenoxy) is 1. The lowest BCUT2D eigenvalue weighted by Gasteiger charge is -2.35. The third-order valence-electron chi connectivity index (χ3n) is 5.11. The number of halogens is 1. The highest BCUT2D eigenvalue weighted by atomic mass is 19.1. The zero-order valence-corrected chi connectivity index (χ0v) is 16.1. The number of hydrogen-bond acceptors (Lipinski definition) is 4. The Morgan fingerprint density at radius 3 is 2.66 bits per heavy atom. The Labute approximate surface area is 167 Å². The van der Waals surface area contributed by atoms with Gasteiger partial charge in [-0.25, -0.2) is 4.39 Å². The molecule has 1 amide bonds. The first-order valence-electron chi connectivity index (χ1n) is 9.35. The van der Waals surface area contributed by atoms with Gasteiger partial charge < -0.3 is 9.64 Å². The maximum Gasteiger partial charge on any atom is 0.282 e. The summed E-state index contributed by atoms with van der Waals surface area (Å²) in [6.45, 7) is 1.93. The van der Waals surface area contributed by atoms with Gasteiger partial charge in [-0.2, -0.15) is 9.78 Å². The number of nitrogens with zero attached hydrogens (tertiary/aromatic N) is 3. The molecule has 1 atom stereocenters. The summed E-state index contributed by atoms with van der Waals surface area (Å²) in [6, 6.07) is 14.4. The highest BCUT2D eigenvalue weighted by Crippen LogP contribution is 2.33. The molecule has 0 aliphatic carbocycles. The summed E-state index contributed by atoms with van der Waals surface area (Å²) >= 11 is 0. The summed E-state index contributed by atoms with van der Waals surface area (Å²) in [7, 11) is 1.39. The molecule has 4 rings (SSSR count). The van der Waals surface area contributed by atoms with Gasteiger partial charge in [-0.15, -0.1) is 0 Å². The number of fused-ring (bicyclic) bond motifs is 1. The van der Waals surface area contributed by atoms with E-state index in [-0.39, 0.29) is 23.3 Å². The molecule has 6 nitrogen and oxygen atoms in total. The molecule has 0 radical (unpaired) electrons. The van der Waals surface area contributed by atoms with Crippen LogP contribution in [0.1, 0.15) is 29.4 Å². The fraction of sp³-hybridized carbons (Fsp3) is 0.227. The molecule has 148 valence electrons. The van der Waals surface area contributed by atoms with Gasteiger partial charge in [0.2, 0.25) is 0 Å². The molecule has 0 spiro atoms. The number of benzene rings is 2. The summed E-state index contributed by atoms with van der Waals surface area (Å²) in [5.74, 6) is -0.626. The number of aromatic nitrogens is 2. The van der Waals surface area contributed by atoms with Crippen molar-refractivity contribution in [1.82, 2.24) is 9.78 Å². The van der Waals surface area contributed by atoms with Crippen molar-refractivity contribution in [3.63, 3.8) is 0 Å². The molecule has 2 heterocycles. The van der Waals surface area contributed by atoms with Crippen LogP contribution in [0, 0.1) is 5.82 Å². The summed E-state index contributed by atoms with van der Waals surface area (Å²) in [5, 5.41) is 4.33. The van der Waals surface area contributed by atoms with Gasteiger partial charge in [0.05, 0.1) is 18.9 Å². The van der Waals surface area contributed by atoms with Crippen LogP contribution < -0.4 is 15.2 Å². The number of rotatable bonds is 3. The van der Waals surface area contributed by atoms with Crippen molar-refractivity contribution < 1.29 is 13.9 Å². The lowest BCUT2D eigenvalue weighted by molar-refractivity contribution is 0.0965. The Hall–Kier alpha value is -3.48. The minimum absolute atomic E-state index is 0.0278. The van der Waals surface area contributed by atoms with E-state index in [0.717, 1.165) is 5.56 Å². The molecule has 0 saturated carbocycles. The van der Waals surface area contributed by atoms with E-state index in [9.17, 15) is 14.0 Å². The minimum Gasteiger partial charge on any atom is -0.494 e. The quantitative estimate of drug-likeness (QED) is 0.685. The van der Waals surface area contributed by atoms with Crippen LogP contribution in [0.3, 0.4) is 0 Å². The average Bonchev–Trinajstić information content (AvgIpc) is 2.73. The number of methoxy groups -OCH3 is 1. The summed E-state index contributed by atoms with van der Waals surface area (Å²) < 4.78 is 20.1. The van der Waals surface area contributed by atoms with E-state index in [0.29, 0.717) is 24.2 Å². The molecule has 1 aliphatic rings. The zero-order valence-electron chi connectivity index (χ0n) is 16.1. The fourth-order valence-electron chi connectivity index (χ4n) is 3.64. The molecule has 0 fully saturated rings. The number of hydrogen-bond donors (Lipinski definition) is 0. The summed E-state index contributed by atoms with van der Waals surface area (Å²) in [6.07, 6.45) is 1.38. The number of para-hydroxylation sites is 1. The fourth-order valence-corrected chi connectivity index (χ4v) is 3.64. The topological polar surface area (TPSA) is 64.4 Å². The molecule has 0 N–H and O–H groups in total. The van der Waals surface area contributed by atoms with Crippen molar-refractivity contribution in [1.29, 1.82) is 0 Å². The van der Waals surface area contributed by atoms with Crippen molar-refractivity contribution >= 4 is 11.6 Å². The van der Waals surface area contributed by atoms with Crippen molar-refractivity contribution in [3.05, 3.63) is 82.0 Å². The van der Waals surface area contributed by atoms with E-state index in [2.05, 4.69) is 5.10 Å². The van der Waals surface area contributed by atoms with Gasteiger partial charge >= 0.3 is 0 Å². The van der Waals surface area contributed by atoms with Gasteiger partial charge in [-0.1, -0.05) is 18.2 Å². The van der Waals surface area contributed by atoms with E-state index in [1.54, 1.807) is 35.2 Å². The molecule has 3 aromatic rings. The van der Waals surface area contributed by atoms with Crippen molar-refractivity contribution in [2.45, 2.75) is 25.8 Å². The first-order chi connectivity index (χ1) is 14.0. The predicted molar refractivity (Wildman–Crippen MR) is 107 cm³/mol. The van der Waals surface area contributed by atoms with Crippen LogP contribution in [-0.2, 0) is 6.42 Å². The Morgan fingerprint density at radius 1 is 1.17 bits per heavy atom. The second-order valence-corrected chi connectivity index (χ2v) is 6.98. The second kappa shape index (κ2) is 7.50. The van der Waals surface area contributed by atoms with E-state index in [4.69, 9.17) is 4.74 Å². The molecule has 1 aromatic heterocycles. The average molecular weight is 393 g/mol. The molecular weight excluding hydrogens is 373 g/mol. The first kappa shape index (κ1) is 18.9. The molecule has 0 bridgehead atoms. The van der Waals surface area contributed by atoms with Gasteiger partial charge in [-0.3, -0.25) is 9.59 Å². The Balaban J connectivity index is 1.84. The van der Waals surface area contributed by atoms with Crippen LogP contribution in [0.2, 0.25) is 0 Å². The number of amides is 1. The normalized spacial score (nSPS) is 15.7. The zero-order chi connectivity index (χ0) is 20.5. The van der Waals surface area contributed by atoms with Gasteiger partial charge in [0.25, 0.3) is 11.5 Å². The highest BCUT2D eigenvalue weighted by molar-refractivity contribution is 6.07. The van der Waals surface area contributed by atoms with Crippen LogP contribution in [0.15, 0.2) is 59.4 Å². The molecule has 0 saturated heterocycles. The third-order valence-corrected chi connectivity index (χ3v) is 5.11. The molecule has 29 heavy (non-hydrogen) atoms.